The van der Waals surface area contributed by atoms with E-state index in [0.717, 1.165) is 16.8 Å². The quantitative estimate of drug-likeness (QED) is 0.770. The van der Waals surface area contributed by atoms with Crippen LogP contribution in [0.3, 0.4) is 0 Å². The van der Waals surface area contributed by atoms with Gasteiger partial charge in [-0.25, -0.2) is 0 Å². The number of halogens is 1. The smallest absolute Gasteiger partial charge is 0.308 e. The van der Waals surface area contributed by atoms with Crippen molar-refractivity contribution < 1.29 is 9.90 Å². The maximum Gasteiger partial charge on any atom is 0.308 e. The van der Waals surface area contributed by atoms with Crippen molar-refractivity contribution >= 4 is 37.6 Å². The summed E-state index contributed by atoms with van der Waals surface area (Å²) >= 11 is 4.95. The van der Waals surface area contributed by atoms with Crippen molar-refractivity contribution in [3.05, 3.63) is 0 Å². The Hall–Kier alpha value is -0.0300. The lowest BCUT2D eigenvalue weighted by atomic mass is 10.1. The second-order valence-electron chi connectivity index (χ2n) is 3.05. The predicted octanol–water partition coefficient (Wildman–Crippen LogP) is 1.72. The highest BCUT2D eigenvalue weighted by Gasteiger charge is 2.44. The average molecular weight is 250 g/mol. The molecule has 2 rings (SSSR count). The molecule has 1 N–H and O–H groups in total. The minimum atomic E-state index is -0.700. The number of carbonyl (C=O) groups is 1. The monoisotopic (exact) mass is 249 g/mol. The fraction of sp³-hybridized carbons (Fsp3) is 0.714. The number of fused-ring (bicyclic) bond motifs is 1. The first kappa shape index (κ1) is 8.56. The van der Waals surface area contributed by atoms with Gasteiger partial charge in [0.05, 0.1) is 12.0 Å². The minimum absolute atomic E-state index is 0.0156. The number of carboxylic acids is 1. The molecule has 3 unspecified atom stereocenters. The summed E-state index contributed by atoms with van der Waals surface area (Å²) in [6.45, 7) is 0. The van der Waals surface area contributed by atoms with E-state index in [9.17, 15) is 4.79 Å². The van der Waals surface area contributed by atoms with Crippen LogP contribution in [0.25, 0.3) is 0 Å². The molecule has 1 aliphatic carbocycles. The van der Waals surface area contributed by atoms with Gasteiger partial charge in [-0.1, -0.05) is 11.8 Å². The molecule has 1 fully saturated rings. The Morgan fingerprint density at radius 1 is 1.67 bits per heavy atom. The van der Waals surface area contributed by atoms with Gasteiger partial charge in [0.2, 0.25) is 0 Å². The Morgan fingerprint density at radius 2 is 2.42 bits per heavy atom. The molecule has 2 aliphatic rings. The number of hydrogen-bond acceptors (Lipinski definition) is 3. The standard InChI is InChI=1S/C7H8BrNO2S/c8-7-9-5-3(6(10)11)1-2-4(5)12-7/h3-5H,1-2H2,(H,10,11). The zero-order valence-corrected chi connectivity index (χ0v) is 8.64. The van der Waals surface area contributed by atoms with Crippen molar-refractivity contribution in [3.63, 3.8) is 0 Å². The number of carboxylic acid groups (broad SMARTS) is 1. The summed E-state index contributed by atoms with van der Waals surface area (Å²) < 4.78 is 0.864. The Morgan fingerprint density at radius 3 is 3.08 bits per heavy atom. The molecule has 0 aromatic carbocycles. The van der Waals surface area contributed by atoms with E-state index in [2.05, 4.69) is 20.9 Å². The summed E-state index contributed by atoms with van der Waals surface area (Å²) in [4.78, 5) is 15.0. The number of rotatable bonds is 1. The Balaban J connectivity index is 2.17. The van der Waals surface area contributed by atoms with Crippen LogP contribution in [0.4, 0.5) is 0 Å². The van der Waals surface area contributed by atoms with Gasteiger partial charge in [-0.2, -0.15) is 0 Å². The topological polar surface area (TPSA) is 49.7 Å². The second kappa shape index (κ2) is 3.03. The first-order valence-electron chi connectivity index (χ1n) is 3.81. The van der Waals surface area contributed by atoms with Gasteiger partial charge >= 0.3 is 5.97 Å². The summed E-state index contributed by atoms with van der Waals surface area (Å²) in [5.41, 5.74) is 0. The molecule has 1 saturated carbocycles. The molecule has 66 valence electrons. The number of aliphatic imine (C=N–C) groups is 1. The summed E-state index contributed by atoms with van der Waals surface area (Å²) in [5.74, 6) is -0.952. The number of thioether (sulfide) groups is 1. The summed E-state index contributed by atoms with van der Waals surface area (Å²) in [7, 11) is 0. The van der Waals surface area contributed by atoms with Gasteiger partial charge in [-0.05, 0) is 28.8 Å². The lowest BCUT2D eigenvalue weighted by molar-refractivity contribution is -0.141. The fourth-order valence-corrected chi connectivity index (χ4v) is 3.82. The molecular weight excluding hydrogens is 242 g/mol. The third-order valence-electron chi connectivity index (χ3n) is 2.37. The van der Waals surface area contributed by atoms with E-state index in [-0.39, 0.29) is 12.0 Å². The molecule has 1 heterocycles. The number of aliphatic carboxylic acids is 1. The fourth-order valence-electron chi connectivity index (χ4n) is 1.79. The molecule has 5 heteroatoms. The largest absolute Gasteiger partial charge is 0.481 e. The van der Waals surface area contributed by atoms with Crippen molar-refractivity contribution in [3.8, 4) is 0 Å². The first-order valence-corrected chi connectivity index (χ1v) is 5.48. The van der Waals surface area contributed by atoms with Gasteiger partial charge in [0, 0.05) is 5.25 Å². The molecule has 0 aromatic heterocycles. The van der Waals surface area contributed by atoms with E-state index in [4.69, 9.17) is 5.11 Å². The Labute approximate surface area is 82.8 Å². The van der Waals surface area contributed by atoms with Gasteiger partial charge < -0.3 is 5.11 Å². The minimum Gasteiger partial charge on any atom is -0.481 e. The van der Waals surface area contributed by atoms with E-state index in [1.54, 1.807) is 11.8 Å². The van der Waals surface area contributed by atoms with Crippen LogP contribution in [-0.4, -0.2) is 26.3 Å². The van der Waals surface area contributed by atoms with Crippen LogP contribution in [0.2, 0.25) is 0 Å². The van der Waals surface area contributed by atoms with Gasteiger partial charge in [0.1, 0.15) is 3.95 Å². The normalized spacial score (nSPS) is 39.4. The highest BCUT2D eigenvalue weighted by Crippen LogP contribution is 2.43. The van der Waals surface area contributed by atoms with Crippen LogP contribution < -0.4 is 0 Å². The van der Waals surface area contributed by atoms with Crippen LogP contribution in [0.5, 0.6) is 0 Å². The summed E-state index contributed by atoms with van der Waals surface area (Å²) in [5, 5.41) is 9.26. The van der Waals surface area contributed by atoms with E-state index >= 15 is 0 Å². The molecule has 12 heavy (non-hydrogen) atoms. The van der Waals surface area contributed by atoms with E-state index in [1.165, 1.54) is 0 Å². The van der Waals surface area contributed by atoms with Crippen LogP contribution in [0, 0.1) is 5.92 Å². The lowest BCUT2D eigenvalue weighted by Gasteiger charge is -2.09. The average Bonchev–Trinajstić information content (AvgIpc) is 2.43. The van der Waals surface area contributed by atoms with Crippen molar-refractivity contribution in [1.29, 1.82) is 0 Å². The van der Waals surface area contributed by atoms with Gasteiger partial charge in [-0.15, -0.1) is 0 Å². The predicted molar refractivity (Wildman–Crippen MR) is 51.9 cm³/mol. The maximum atomic E-state index is 10.8. The molecule has 3 nitrogen and oxygen atoms in total. The molecule has 3 atom stereocenters. The molecular formula is C7H8BrNO2S. The van der Waals surface area contributed by atoms with Crippen LogP contribution in [-0.2, 0) is 4.79 Å². The third-order valence-corrected chi connectivity index (χ3v) is 4.25. The molecule has 0 bridgehead atoms. The zero-order valence-electron chi connectivity index (χ0n) is 6.24. The van der Waals surface area contributed by atoms with E-state index in [0.29, 0.717) is 5.25 Å². The maximum absolute atomic E-state index is 10.8. The van der Waals surface area contributed by atoms with E-state index in [1.807, 2.05) is 0 Å². The van der Waals surface area contributed by atoms with Gasteiger partial charge in [-0.3, -0.25) is 9.79 Å². The number of nitrogens with zero attached hydrogens (tertiary/aromatic N) is 1. The van der Waals surface area contributed by atoms with Gasteiger partial charge in [0.25, 0.3) is 0 Å². The highest BCUT2D eigenvalue weighted by molar-refractivity contribution is 9.22. The Kier molecular flexibility index (Phi) is 2.16. The van der Waals surface area contributed by atoms with Crippen molar-refractivity contribution in [2.45, 2.75) is 24.1 Å². The molecule has 0 amide bonds. The van der Waals surface area contributed by atoms with Crippen molar-refractivity contribution in [2.24, 2.45) is 10.9 Å². The van der Waals surface area contributed by atoms with Crippen LogP contribution >= 0.6 is 27.7 Å². The molecule has 0 spiro atoms. The third kappa shape index (κ3) is 1.29. The highest BCUT2D eigenvalue weighted by atomic mass is 79.9. The van der Waals surface area contributed by atoms with Crippen molar-refractivity contribution in [2.75, 3.05) is 0 Å². The van der Waals surface area contributed by atoms with Crippen LogP contribution in [0.1, 0.15) is 12.8 Å². The van der Waals surface area contributed by atoms with Gasteiger partial charge in [0.15, 0.2) is 0 Å². The Bertz CT molecular complexity index is 256. The zero-order chi connectivity index (χ0) is 8.72. The molecule has 0 radical (unpaired) electrons. The van der Waals surface area contributed by atoms with Crippen LogP contribution in [0.15, 0.2) is 4.99 Å². The lowest BCUT2D eigenvalue weighted by Crippen LogP contribution is -2.24. The first-order chi connectivity index (χ1) is 5.68. The second-order valence-corrected chi connectivity index (χ2v) is 5.55. The molecule has 0 saturated heterocycles. The summed E-state index contributed by atoms with van der Waals surface area (Å²) in [6, 6.07) is 0.0156. The summed E-state index contributed by atoms with van der Waals surface area (Å²) in [6.07, 6.45) is 1.76. The van der Waals surface area contributed by atoms with Crippen molar-refractivity contribution in [1.82, 2.24) is 0 Å². The number of hydrogen-bond donors (Lipinski definition) is 1. The molecule has 0 aromatic rings. The SMILES string of the molecule is O=C(O)C1CCC2SC(Br)=NC21. The molecule has 1 aliphatic heterocycles. The van der Waals surface area contributed by atoms with E-state index < -0.39 is 5.97 Å².